The fourth-order valence-electron chi connectivity index (χ4n) is 1.98. The Bertz CT molecular complexity index is 417. The highest BCUT2D eigenvalue weighted by atomic mass is 16.6. The van der Waals surface area contributed by atoms with Gasteiger partial charge in [-0.3, -0.25) is 4.79 Å². The zero-order valence-corrected chi connectivity index (χ0v) is 11.1. The Kier molecular flexibility index (Phi) is 5.18. The fourth-order valence-corrected chi connectivity index (χ4v) is 1.98. The third-order valence-corrected chi connectivity index (χ3v) is 2.91. The van der Waals surface area contributed by atoms with Gasteiger partial charge in [-0.2, -0.15) is 0 Å². The van der Waals surface area contributed by atoms with Crippen molar-refractivity contribution in [3.8, 4) is 0 Å². The molecule has 1 amide bonds. The second kappa shape index (κ2) is 7.11. The molecule has 0 radical (unpaired) electrons. The lowest BCUT2D eigenvalue weighted by Gasteiger charge is -2.23. The highest BCUT2D eigenvalue weighted by Crippen LogP contribution is 2.14. The molecular formula is C14H20N2O3. The number of para-hydroxylation sites is 1. The SMILES string of the molecule is CCNc1ccccc1C(=O)NCC1COCCO1. The Morgan fingerprint density at radius 3 is 2.95 bits per heavy atom. The zero-order valence-electron chi connectivity index (χ0n) is 11.1. The van der Waals surface area contributed by atoms with Gasteiger partial charge in [0.2, 0.25) is 0 Å². The molecule has 104 valence electrons. The van der Waals surface area contributed by atoms with Crippen molar-refractivity contribution in [3.63, 3.8) is 0 Å². The molecule has 0 saturated carbocycles. The van der Waals surface area contributed by atoms with E-state index >= 15 is 0 Å². The first kappa shape index (κ1) is 13.8. The molecular weight excluding hydrogens is 244 g/mol. The number of carbonyl (C=O) groups is 1. The molecule has 19 heavy (non-hydrogen) atoms. The molecule has 1 saturated heterocycles. The molecule has 1 atom stereocenters. The molecule has 0 aromatic heterocycles. The summed E-state index contributed by atoms with van der Waals surface area (Å²) in [6.45, 7) is 5.02. The largest absolute Gasteiger partial charge is 0.385 e. The van der Waals surface area contributed by atoms with Crippen molar-refractivity contribution < 1.29 is 14.3 Å². The lowest BCUT2D eigenvalue weighted by molar-refractivity contribution is -0.0855. The van der Waals surface area contributed by atoms with Gasteiger partial charge in [0.05, 0.1) is 31.5 Å². The monoisotopic (exact) mass is 264 g/mol. The van der Waals surface area contributed by atoms with E-state index in [2.05, 4.69) is 10.6 Å². The molecule has 1 heterocycles. The summed E-state index contributed by atoms with van der Waals surface area (Å²) in [5.41, 5.74) is 1.50. The van der Waals surface area contributed by atoms with Gasteiger partial charge in [0, 0.05) is 18.8 Å². The lowest BCUT2D eigenvalue weighted by Crippen LogP contribution is -2.39. The fraction of sp³-hybridized carbons (Fsp3) is 0.500. The lowest BCUT2D eigenvalue weighted by atomic mass is 10.1. The van der Waals surface area contributed by atoms with Crippen molar-refractivity contribution in [3.05, 3.63) is 29.8 Å². The average molecular weight is 264 g/mol. The van der Waals surface area contributed by atoms with Crippen LogP contribution in [0.4, 0.5) is 5.69 Å². The van der Waals surface area contributed by atoms with Crippen molar-refractivity contribution in [2.75, 3.05) is 38.2 Å². The molecule has 1 fully saturated rings. The number of rotatable bonds is 5. The van der Waals surface area contributed by atoms with Gasteiger partial charge in [-0.05, 0) is 19.1 Å². The molecule has 0 spiro atoms. The molecule has 1 aliphatic heterocycles. The smallest absolute Gasteiger partial charge is 0.253 e. The molecule has 1 aromatic carbocycles. The molecule has 1 aromatic rings. The van der Waals surface area contributed by atoms with E-state index in [-0.39, 0.29) is 12.0 Å². The second-order valence-corrected chi connectivity index (χ2v) is 4.35. The highest BCUT2D eigenvalue weighted by Gasteiger charge is 2.16. The van der Waals surface area contributed by atoms with Gasteiger partial charge in [0.15, 0.2) is 0 Å². The number of anilines is 1. The number of ether oxygens (including phenoxy) is 2. The highest BCUT2D eigenvalue weighted by molar-refractivity contribution is 5.99. The zero-order chi connectivity index (χ0) is 13.5. The van der Waals surface area contributed by atoms with Crippen LogP contribution in [0.5, 0.6) is 0 Å². The number of nitrogens with one attached hydrogen (secondary N) is 2. The topological polar surface area (TPSA) is 59.6 Å². The van der Waals surface area contributed by atoms with Crippen molar-refractivity contribution in [2.24, 2.45) is 0 Å². The summed E-state index contributed by atoms with van der Waals surface area (Å²) in [6.07, 6.45) is -0.0519. The molecule has 1 unspecified atom stereocenters. The normalized spacial score (nSPS) is 18.9. The van der Waals surface area contributed by atoms with Gasteiger partial charge >= 0.3 is 0 Å². The Labute approximate surface area is 113 Å². The standard InChI is InChI=1S/C14H20N2O3/c1-2-15-13-6-4-3-5-12(13)14(17)16-9-11-10-18-7-8-19-11/h3-6,11,15H,2,7-10H2,1H3,(H,16,17). The minimum absolute atomic E-state index is 0.0519. The Hall–Kier alpha value is -1.59. The van der Waals surface area contributed by atoms with Crippen LogP contribution in [0.2, 0.25) is 0 Å². The van der Waals surface area contributed by atoms with E-state index in [9.17, 15) is 4.79 Å². The predicted molar refractivity (Wildman–Crippen MR) is 73.5 cm³/mol. The summed E-state index contributed by atoms with van der Waals surface area (Å²) in [7, 11) is 0. The molecule has 0 aliphatic carbocycles. The molecule has 2 N–H and O–H groups in total. The first-order valence-electron chi connectivity index (χ1n) is 6.61. The number of hydrogen-bond donors (Lipinski definition) is 2. The van der Waals surface area contributed by atoms with E-state index in [1.807, 2.05) is 31.2 Å². The van der Waals surface area contributed by atoms with Crippen LogP contribution >= 0.6 is 0 Å². The number of carbonyl (C=O) groups excluding carboxylic acids is 1. The van der Waals surface area contributed by atoms with E-state index in [0.29, 0.717) is 31.9 Å². The third kappa shape index (κ3) is 3.94. The summed E-state index contributed by atoms with van der Waals surface area (Å²) >= 11 is 0. The number of hydrogen-bond acceptors (Lipinski definition) is 4. The van der Waals surface area contributed by atoms with Crippen LogP contribution in [0.3, 0.4) is 0 Å². The van der Waals surface area contributed by atoms with Gasteiger partial charge in [-0.1, -0.05) is 12.1 Å². The molecule has 0 bridgehead atoms. The van der Waals surface area contributed by atoms with E-state index < -0.39 is 0 Å². The quantitative estimate of drug-likeness (QED) is 0.840. The van der Waals surface area contributed by atoms with Gasteiger partial charge in [-0.15, -0.1) is 0 Å². The van der Waals surface area contributed by atoms with Crippen LogP contribution in [0.1, 0.15) is 17.3 Å². The van der Waals surface area contributed by atoms with E-state index in [1.165, 1.54) is 0 Å². The van der Waals surface area contributed by atoms with Gasteiger partial charge in [0.1, 0.15) is 0 Å². The maximum atomic E-state index is 12.1. The van der Waals surface area contributed by atoms with Gasteiger partial charge in [0.25, 0.3) is 5.91 Å². The number of benzene rings is 1. The third-order valence-electron chi connectivity index (χ3n) is 2.91. The van der Waals surface area contributed by atoms with Crippen LogP contribution < -0.4 is 10.6 Å². The van der Waals surface area contributed by atoms with E-state index in [1.54, 1.807) is 0 Å². The second-order valence-electron chi connectivity index (χ2n) is 4.35. The van der Waals surface area contributed by atoms with Gasteiger partial charge in [-0.25, -0.2) is 0 Å². The van der Waals surface area contributed by atoms with E-state index in [0.717, 1.165) is 12.2 Å². The van der Waals surface area contributed by atoms with Crippen molar-refractivity contribution in [1.82, 2.24) is 5.32 Å². The van der Waals surface area contributed by atoms with Crippen LogP contribution in [0.15, 0.2) is 24.3 Å². The summed E-state index contributed by atoms with van der Waals surface area (Å²) < 4.78 is 10.8. The molecule has 2 rings (SSSR count). The predicted octanol–water partition coefficient (Wildman–Crippen LogP) is 1.26. The van der Waals surface area contributed by atoms with Crippen molar-refractivity contribution >= 4 is 11.6 Å². The molecule has 5 heteroatoms. The van der Waals surface area contributed by atoms with Crippen molar-refractivity contribution in [1.29, 1.82) is 0 Å². The average Bonchev–Trinajstić information content (AvgIpc) is 2.47. The Balaban J connectivity index is 1.91. The molecule has 1 aliphatic rings. The summed E-state index contributed by atoms with van der Waals surface area (Å²) in [6, 6.07) is 7.48. The maximum Gasteiger partial charge on any atom is 0.253 e. The molecule has 5 nitrogen and oxygen atoms in total. The van der Waals surface area contributed by atoms with E-state index in [4.69, 9.17) is 9.47 Å². The Morgan fingerprint density at radius 2 is 2.21 bits per heavy atom. The summed E-state index contributed by atoms with van der Waals surface area (Å²) in [5, 5.41) is 6.06. The first-order chi connectivity index (χ1) is 9.31. The van der Waals surface area contributed by atoms with Gasteiger partial charge < -0.3 is 20.1 Å². The van der Waals surface area contributed by atoms with Crippen LogP contribution in [-0.4, -0.2) is 44.9 Å². The van der Waals surface area contributed by atoms with Crippen LogP contribution in [0.25, 0.3) is 0 Å². The minimum Gasteiger partial charge on any atom is -0.385 e. The minimum atomic E-state index is -0.0919. The number of amides is 1. The summed E-state index contributed by atoms with van der Waals surface area (Å²) in [4.78, 5) is 12.1. The van der Waals surface area contributed by atoms with Crippen LogP contribution in [-0.2, 0) is 9.47 Å². The van der Waals surface area contributed by atoms with Crippen LogP contribution in [0, 0.1) is 0 Å². The van der Waals surface area contributed by atoms with Crippen molar-refractivity contribution in [2.45, 2.75) is 13.0 Å². The maximum absolute atomic E-state index is 12.1. The summed E-state index contributed by atoms with van der Waals surface area (Å²) in [5.74, 6) is -0.0919. The Morgan fingerprint density at radius 1 is 1.37 bits per heavy atom. The first-order valence-corrected chi connectivity index (χ1v) is 6.61.